The van der Waals surface area contributed by atoms with Gasteiger partial charge in [0.25, 0.3) is 0 Å². The molecule has 1 unspecified atom stereocenters. The molecule has 0 fully saturated rings. The molecular weight excluding hydrogens is 310 g/mol. The molecule has 1 rings (SSSR count). The third-order valence-electron chi connectivity index (χ3n) is 3.15. The Bertz CT molecular complexity index is 590. The molecule has 0 amide bonds. The number of sulfonamides is 1. The number of thiophene rings is 1. The minimum absolute atomic E-state index is 0.0420. The zero-order valence-electron chi connectivity index (χ0n) is 12.8. The molecule has 0 saturated carbocycles. The molecule has 5 nitrogen and oxygen atoms in total. The van der Waals surface area contributed by atoms with Gasteiger partial charge in [0.1, 0.15) is 4.88 Å². The molecule has 1 atom stereocenters. The van der Waals surface area contributed by atoms with Crippen LogP contribution in [0.25, 0.3) is 0 Å². The van der Waals surface area contributed by atoms with Crippen LogP contribution in [0, 0.1) is 12.8 Å². The highest BCUT2D eigenvalue weighted by Crippen LogP contribution is 2.26. The Hall–Kier alpha value is -0.920. The second-order valence-corrected chi connectivity index (χ2v) is 8.62. The molecule has 2 N–H and O–H groups in total. The molecular formula is C14H23NO4S2. The van der Waals surface area contributed by atoms with Crippen molar-refractivity contribution in [2.45, 2.75) is 57.9 Å². The largest absolute Gasteiger partial charge is 0.477 e. The fourth-order valence-corrected chi connectivity index (χ4v) is 4.77. The predicted octanol–water partition coefficient (Wildman–Crippen LogP) is 3.25. The Labute approximate surface area is 130 Å². The monoisotopic (exact) mass is 333 g/mol. The van der Waals surface area contributed by atoms with Crippen LogP contribution in [0.4, 0.5) is 0 Å². The third kappa shape index (κ3) is 5.41. The van der Waals surface area contributed by atoms with Crippen molar-refractivity contribution in [3.8, 4) is 0 Å². The Morgan fingerprint density at radius 3 is 2.43 bits per heavy atom. The maximum absolute atomic E-state index is 12.3. The van der Waals surface area contributed by atoms with Crippen molar-refractivity contribution in [2.75, 3.05) is 0 Å². The van der Waals surface area contributed by atoms with Crippen molar-refractivity contribution in [3.63, 3.8) is 0 Å². The van der Waals surface area contributed by atoms with Gasteiger partial charge in [-0.25, -0.2) is 17.9 Å². The van der Waals surface area contributed by atoms with Gasteiger partial charge in [-0.2, -0.15) is 0 Å². The first-order valence-electron chi connectivity index (χ1n) is 6.99. The fourth-order valence-electron chi connectivity index (χ4n) is 2.06. The first-order chi connectivity index (χ1) is 9.63. The highest BCUT2D eigenvalue weighted by Gasteiger charge is 2.23. The van der Waals surface area contributed by atoms with Crippen LogP contribution in [0.1, 0.15) is 54.6 Å². The second kappa shape index (κ2) is 7.38. The van der Waals surface area contributed by atoms with Crippen molar-refractivity contribution in [1.29, 1.82) is 0 Å². The number of carbonyl (C=O) groups is 1. The van der Waals surface area contributed by atoms with Gasteiger partial charge in [0.2, 0.25) is 10.0 Å². The molecule has 0 saturated heterocycles. The van der Waals surface area contributed by atoms with Gasteiger partial charge in [0.05, 0.1) is 4.90 Å². The lowest BCUT2D eigenvalue weighted by Gasteiger charge is -2.14. The summed E-state index contributed by atoms with van der Waals surface area (Å²) in [4.78, 5) is 11.5. The predicted molar refractivity (Wildman–Crippen MR) is 84.5 cm³/mol. The van der Waals surface area contributed by atoms with Crippen molar-refractivity contribution < 1.29 is 18.3 Å². The van der Waals surface area contributed by atoms with Crippen molar-refractivity contribution >= 4 is 27.3 Å². The first kappa shape index (κ1) is 18.1. The van der Waals surface area contributed by atoms with E-state index in [1.54, 1.807) is 6.92 Å². The lowest BCUT2D eigenvalue weighted by Crippen LogP contribution is -2.32. The van der Waals surface area contributed by atoms with E-state index in [2.05, 4.69) is 18.6 Å². The Morgan fingerprint density at radius 1 is 1.33 bits per heavy atom. The number of nitrogens with one attached hydrogen (secondary N) is 1. The van der Waals surface area contributed by atoms with E-state index in [-0.39, 0.29) is 15.8 Å². The van der Waals surface area contributed by atoms with E-state index in [0.717, 1.165) is 30.6 Å². The smallest absolute Gasteiger partial charge is 0.345 e. The Balaban J connectivity index is 2.75. The van der Waals surface area contributed by atoms with Gasteiger partial charge in [-0.1, -0.05) is 26.7 Å². The molecule has 0 aliphatic heterocycles. The summed E-state index contributed by atoms with van der Waals surface area (Å²) >= 11 is 0.979. The molecule has 0 aliphatic rings. The molecule has 21 heavy (non-hydrogen) atoms. The minimum Gasteiger partial charge on any atom is -0.477 e. The third-order valence-corrected chi connectivity index (χ3v) is 6.03. The quantitative estimate of drug-likeness (QED) is 0.765. The molecule has 7 heteroatoms. The van der Waals surface area contributed by atoms with Crippen molar-refractivity contribution in [3.05, 3.63) is 15.8 Å². The average Bonchev–Trinajstić information content (AvgIpc) is 2.71. The lowest BCUT2D eigenvalue weighted by molar-refractivity contribution is 0.0702. The molecule has 120 valence electrons. The molecule has 1 aromatic heterocycles. The number of carboxylic acids is 1. The van der Waals surface area contributed by atoms with Crippen LogP contribution >= 0.6 is 11.3 Å². The molecule has 1 aromatic rings. The summed E-state index contributed by atoms with van der Waals surface area (Å²) in [6, 6.07) is 1.06. The summed E-state index contributed by atoms with van der Waals surface area (Å²) in [5.74, 6) is -0.499. The number of aromatic carboxylic acids is 1. The van der Waals surface area contributed by atoms with E-state index in [0.29, 0.717) is 10.8 Å². The van der Waals surface area contributed by atoms with Gasteiger partial charge in [-0.15, -0.1) is 11.3 Å². The molecule has 0 aliphatic carbocycles. The topological polar surface area (TPSA) is 83.5 Å². The summed E-state index contributed by atoms with van der Waals surface area (Å²) in [7, 11) is -3.66. The van der Waals surface area contributed by atoms with E-state index in [1.165, 1.54) is 6.07 Å². The summed E-state index contributed by atoms with van der Waals surface area (Å²) in [6.45, 7) is 7.72. The summed E-state index contributed by atoms with van der Waals surface area (Å²) in [5, 5.41) is 8.93. The SMILES string of the molecule is Cc1sc(C(=O)O)cc1S(=O)(=O)NC(C)CCCC(C)C. The van der Waals surface area contributed by atoms with Gasteiger partial charge in [-0.05, 0) is 32.3 Å². The maximum Gasteiger partial charge on any atom is 0.345 e. The summed E-state index contributed by atoms with van der Waals surface area (Å²) in [5.41, 5.74) is 0. The van der Waals surface area contributed by atoms with Gasteiger partial charge >= 0.3 is 5.97 Å². The Morgan fingerprint density at radius 2 is 1.95 bits per heavy atom. The number of rotatable bonds is 8. The number of hydrogen-bond acceptors (Lipinski definition) is 4. The maximum atomic E-state index is 12.3. The molecule has 0 radical (unpaired) electrons. The highest BCUT2D eigenvalue weighted by atomic mass is 32.2. The van der Waals surface area contributed by atoms with Crippen LogP contribution in [0.3, 0.4) is 0 Å². The highest BCUT2D eigenvalue weighted by molar-refractivity contribution is 7.89. The Kier molecular flexibility index (Phi) is 6.37. The summed E-state index contributed by atoms with van der Waals surface area (Å²) in [6.07, 6.45) is 2.80. The minimum atomic E-state index is -3.66. The zero-order valence-corrected chi connectivity index (χ0v) is 14.5. The summed E-state index contributed by atoms with van der Waals surface area (Å²) < 4.78 is 27.2. The van der Waals surface area contributed by atoms with E-state index in [1.807, 2.05) is 6.92 Å². The van der Waals surface area contributed by atoms with Gasteiger partial charge in [0, 0.05) is 10.9 Å². The van der Waals surface area contributed by atoms with E-state index < -0.39 is 16.0 Å². The van der Waals surface area contributed by atoms with Gasteiger partial charge in [0.15, 0.2) is 0 Å². The zero-order chi connectivity index (χ0) is 16.2. The van der Waals surface area contributed by atoms with Crippen LogP contribution in [0.2, 0.25) is 0 Å². The van der Waals surface area contributed by atoms with E-state index in [9.17, 15) is 13.2 Å². The van der Waals surface area contributed by atoms with Crippen molar-refractivity contribution in [1.82, 2.24) is 4.72 Å². The normalized spacial score (nSPS) is 13.6. The molecule has 0 bridgehead atoms. The van der Waals surface area contributed by atoms with Crippen LogP contribution in [-0.4, -0.2) is 25.5 Å². The van der Waals surface area contributed by atoms with E-state index >= 15 is 0 Å². The van der Waals surface area contributed by atoms with Gasteiger partial charge in [-0.3, -0.25) is 0 Å². The van der Waals surface area contributed by atoms with Crippen molar-refractivity contribution in [2.24, 2.45) is 5.92 Å². The number of carboxylic acid groups (broad SMARTS) is 1. The molecule has 0 aromatic carbocycles. The first-order valence-corrected chi connectivity index (χ1v) is 9.29. The van der Waals surface area contributed by atoms with Crippen LogP contribution in [0.15, 0.2) is 11.0 Å². The van der Waals surface area contributed by atoms with Gasteiger partial charge < -0.3 is 5.11 Å². The number of aryl methyl sites for hydroxylation is 1. The lowest BCUT2D eigenvalue weighted by atomic mass is 10.0. The average molecular weight is 333 g/mol. The van der Waals surface area contributed by atoms with Crippen LogP contribution < -0.4 is 4.72 Å². The van der Waals surface area contributed by atoms with E-state index in [4.69, 9.17) is 5.11 Å². The molecule has 0 spiro atoms. The molecule has 1 heterocycles. The van der Waals surface area contributed by atoms with Crippen LogP contribution in [0.5, 0.6) is 0 Å². The standard InChI is InChI=1S/C14H23NO4S2/c1-9(2)6-5-7-10(3)15-21(18,19)13-8-12(14(16)17)20-11(13)4/h8-10,15H,5-7H2,1-4H3,(H,16,17). The fraction of sp³-hybridized carbons (Fsp3) is 0.643. The number of hydrogen-bond donors (Lipinski definition) is 2. The second-order valence-electron chi connectivity index (χ2n) is 5.68. The van der Waals surface area contributed by atoms with Crippen LogP contribution in [-0.2, 0) is 10.0 Å².